The monoisotopic (exact) mass is 381 g/mol. The first-order chi connectivity index (χ1) is 13.2. The predicted molar refractivity (Wildman–Crippen MR) is 103 cm³/mol. The van der Waals surface area contributed by atoms with Gasteiger partial charge in [0.2, 0.25) is 5.91 Å². The Labute approximate surface area is 163 Å². The number of carbonyl (C=O) groups is 3. The van der Waals surface area contributed by atoms with Gasteiger partial charge in [-0.2, -0.15) is 5.01 Å². The molecule has 7 nitrogen and oxygen atoms in total. The van der Waals surface area contributed by atoms with Gasteiger partial charge < -0.3 is 10.1 Å². The second kappa shape index (κ2) is 7.34. The molecule has 1 atom stereocenters. The van der Waals surface area contributed by atoms with Crippen molar-refractivity contribution in [3.63, 3.8) is 0 Å². The number of aryl methyl sites for hydroxylation is 2. The first-order valence-electron chi connectivity index (χ1n) is 8.91. The zero-order valence-electron chi connectivity index (χ0n) is 16.3. The zero-order valence-corrected chi connectivity index (χ0v) is 16.3. The highest BCUT2D eigenvalue weighted by atomic mass is 16.5. The van der Waals surface area contributed by atoms with Crippen LogP contribution >= 0.6 is 0 Å². The largest absolute Gasteiger partial charge is 0.497 e. The molecular weight excluding hydrogens is 358 g/mol. The van der Waals surface area contributed by atoms with Gasteiger partial charge in [0.15, 0.2) is 0 Å². The number of urea groups is 1. The maximum absolute atomic E-state index is 12.9. The van der Waals surface area contributed by atoms with E-state index in [1.807, 2.05) is 32.0 Å². The third-order valence-electron chi connectivity index (χ3n) is 5.03. The van der Waals surface area contributed by atoms with E-state index in [1.165, 1.54) is 0 Å². The van der Waals surface area contributed by atoms with E-state index in [0.717, 1.165) is 21.7 Å². The summed E-state index contributed by atoms with van der Waals surface area (Å²) in [4.78, 5) is 37.6. The molecule has 3 rings (SSSR count). The standard InChI is InChI=1S/C21H23N3O4/c1-13-5-6-15(11-14(13)2)12-18(25)23-24-19(26)21(3,22-20(24)27)16-7-9-17(28-4)10-8-16/h5-11H,12H2,1-4H3,(H,22,27)(H,23,25)/t21-/m0/s1. The van der Waals surface area contributed by atoms with Crippen LogP contribution in [0.5, 0.6) is 5.75 Å². The molecule has 0 saturated carbocycles. The molecular formula is C21H23N3O4. The lowest BCUT2D eigenvalue weighted by Crippen LogP contribution is -2.48. The molecule has 0 unspecified atom stereocenters. The molecule has 2 aromatic rings. The predicted octanol–water partition coefficient (Wildman–Crippen LogP) is 2.35. The van der Waals surface area contributed by atoms with E-state index in [9.17, 15) is 14.4 Å². The van der Waals surface area contributed by atoms with Crippen LogP contribution in [0.1, 0.15) is 29.2 Å². The number of nitrogens with zero attached hydrogens (tertiary/aromatic N) is 1. The van der Waals surface area contributed by atoms with Crippen molar-refractivity contribution in [3.8, 4) is 5.75 Å². The Hall–Kier alpha value is -3.35. The van der Waals surface area contributed by atoms with E-state index in [4.69, 9.17) is 4.74 Å². The first-order valence-corrected chi connectivity index (χ1v) is 8.91. The topological polar surface area (TPSA) is 87.7 Å². The summed E-state index contributed by atoms with van der Waals surface area (Å²) in [5.41, 5.74) is 4.76. The number of nitrogens with one attached hydrogen (secondary N) is 2. The minimum atomic E-state index is -1.27. The molecule has 4 amide bonds. The van der Waals surface area contributed by atoms with Crippen molar-refractivity contribution >= 4 is 17.8 Å². The van der Waals surface area contributed by atoms with E-state index < -0.39 is 23.4 Å². The number of rotatable bonds is 5. The number of hydrogen-bond acceptors (Lipinski definition) is 4. The second-order valence-corrected chi connectivity index (χ2v) is 7.05. The quantitative estimate of drug-likeness (QED) is 0.779. The maximum atomic E-state index is 12.9. The Morgan fingerprint density at radius 1 is 1.11 bits per heavy atom. The van der Waals surface area contributed by atoms with Gasteiger partial charge in [-0.15, -0.1) is 0 Å². The first kappa shape index (κ1) is 19.4. The van der Waals surface area contributed by atoms with Crippen molar-refractivity contribution in [2.24, 2.45) is 0 Å². The third-order valence-corrected chi connectivity index (χ3v) is 5.03. The van der Waals surface area contributed by atoms with Crippen LogP contribution in [0.15, 0.2) is 42.5 Å². The third kappa shape index (κ3) is 3.55. The van der Waals surface area contributed by atoms with Crippen molar-refractivity contribution < 1.29 is 19.1 Å². The van der Waals surface area contributed by atoms with Crippen LogP contribution in [0.4, 0.5) is 4.79 Å². The number of hydrogen-bond donors (Lipinski definition) is 2. The van der Waals surface area contributed by atoms with E-state index in [2.05, 4.69) is 10.7 Å². The van der Waals surface area contributed by atoms with Crippen molar-refractivity contribution in [2.45, 2.75) is 32.7 Å². The highest BCUT2D eigenvalue weighted by Crippen LogP contribution is 2.29. The Morgan fingerprint density at radius 3 is 2.39 bits per heavy atom. The lowest BCUT2D eigenvalue weighted by atomic mass is 9.92. The molecule has 7 heteroatoms. The fourth-order valence-electron chi connectivity index (χ4n) is 3.12. The van der Waals surface area contributed by atoms with Crippen molar-refractivity contribution in [1.29, 1.82) is 0 Å². The van der Waals surface area contributed by atoms with Gasteiger partial charge in [0.1, 0.15) is 11.3 Å². The molecule has 1 saturated heterocycles. The Balaban J connectivity index is 1.73. The number of benzene rings is 2. The Bertz CT molecular complexity index is 939. The van der Waals surface area contributed by atoms with Gasteiger partial charge in [-0.25, -0.2) is 4.79 Å². The Kier molecular flexibility index (Phi) is 5.09. The molecule has 1 aliphatic rings. The summed E-state index contributed by atoms with van der Waals surface area (Å²) in [6.07, 6.45) is 0.0669. The van der Waals surface area contributed by atoms with Crippen LogP contribution in [-0.4, -0.2) is 30.0 Å². The molecule has 0 bridgehead atoms. The lowest BCUT2D eigenvalue weighted by Gasteiger charge is -2.22. The van der Waals surface area contributed by atoms with Crippen molar-refractivity contribution in [3.05, 3.63) is 64.7 Å². The molecule has 0 radical (unpaired) electrons. The summed E-state index contributed by atoms with van der Waals surface area (Å²) in [6.45, 7) is 5.56. The minimum Gasteiger partial charge on any atom is -0.497 e. The number of amides is 4. The number of imide groups is 1. The summed E-state index contributed by atoms with van der Waals surface area (Å²) in [5.74, 6) is -0.343. The molecule has 1 aliphatic heterocycles. The number of hydrazine groups is 1. The molecule has 146 valence electrons. The SMILES string of the molecule is COc1ccc([C@]2(C)NC(=O)N(NC(=O)Cc3ccc(C)c(C)c3)C2=O)cc1. The van der Waals surface area contributed by atoms with Crippen LogP contribution in [-0.2, 0) is 21.5 Å². The van der Waals surface area contributed by atoms with Gasteiger partial charge in [0, 0.05) is 0 Å². The van der Waals surface area contributed by atoms with E-state index in [0.29, 0.717) is 11.3 Å². The summed E-state index contributed by atoms with van der Waals surface area (Å²) < 4.78 is 5.12. The minimum absolute atomic E-state index is 0.0669. The smallest absolute Gasteiger partial charge is 0.344 e. The fraction of sp³-hybridized carbons (Fsp3) is 0.286. The zero-order chi connectivity index (χ0) is 20.5. The molecule has 2 aromatic carbocycles. The molecule has 2 N–H and O–H groups in total. The molecule has 28 heavy (non-hydrogen) atoms. The van der Waals surface area contributed by atoms with Crippen molar-refractivity contribution in [1.82, 2.24) is 15.8 Å². The highest BCUT2D eigenvalue weighted by molar-refractivity contribution is 6.08. The van der Waals surface area contributed by atoms with Crippen molar-refractivity contribution in [2.75, 3.05) is 7.11 Å². The molecule has 1 heterocycles. The van der Waals surface area contributed by atoms with Crippen LogP contribution < -0.4 is 15.5 Å². The van der Waals surface area contributed by atoms with Crippen LogP contribution in [0, 0.1) is 13.8 Å². The van der Waals surface area contributed by atoms with Gasteiger partial charge in [-0.3, -0.25) is 15.0 Å². The lowest BCUT2D eigenvalue weighted by molar-refractivity contribution is -0.138. The molecule has 0 aliphatic carbocycles. The van der Waals surface area contributed by atoms with Gasteiger partial charge in [-0.1, -0.05) is 30.3 Å². The van der Waals surface area contributed by atoms with E-state index in [1.54, 1.807) is 38.3 Å². The molecule has 1 fully saturated rings. The van der Waals surface area contributed by atoms with Gasteiger partial charge in [0.05, 0.1) is 13.5 Å². The maximum Gasteiger partial charge on any atom is 0.344 e. The average molecular weight is 381 g/mol. The fourth-order valence-corrected chi connectivity index (χ4v) is 3.12. The van der Waals surface area contributed by atoms with E-state index >= 15 is 0 Å². The number of carbonyl (C=O) groups excluding carboxylic acids is 3. The van der Waals surface area contributed by atoms with Crippen LogP contribution in [0.3, 0.4) is 0 Å². The summed E-state index contributed by atoms with van der Waals surface area (Å²) in [6, 6.07) is 11.9. The van der Waals surface area contributed by atoms with Gasteiger partial charge in [0.25, 0.3) is 5.91 Å². The molecule has 0 spiro atoms. The normalized spacial score (nSPS) is 18.8. The Morgan fingerprint density at radius 2 is 1.79 bits per heavy atom. The molecule has 0 aromatic heterocycles. The van der Waals surface area contributed by atoms with Gasteiger partial charge in [-0.05, 0) is 55.2 Å². The summed E-state index contributed by atoms with van der Waals surface area (Å²) >= 11 is 0. The van der Waals surface area contributed by atoms with E-state index in [-0.39, 0.29) is 6.42 Å². The number of methoxy groups -OCH3 is 1. The highest BCUT2D eigenvalue weighted by Gasteiger charge is 2.50. The van der Waals surface area contributed by atoms with Crippen LogP contribution in [0.2, 0.25) is 0 Å². The summed E-state index contributed by atoms with van der Waals surface area (Å²) in [5, 5.41) is 3.40. The average Bonchev–Trinajstić information content (AvgIpc) is 2.89. The summed E-state index contributed by atoms with van der Waals surface area (Å²) in [7, 11) is 1.55. The number of ether oxygens (including phenoxy) is 1. The second-order valence-electron chi connectivity index (χ2n) is 7.05. The van der Waals surface area contributed by atoms with Gasteiger partial charge >= 0.3 is 6.03 Å². The van der Waals surface area contributed by atoms with Crippen LogP contribution in [0.25, 0.3) is 0 Å².